The van der Waals surface area contributed by atoms with Crippen LogP contribution in [0.1, 0.15) is 0 Å². The molecule has 0 aliphatic carbocycles. The lowest BCUT2D eigenvalue weighted by Crippen LogP contribution is -2.15. The molecule has 0 unspecified atom stereocenters. The van der Waals surface area contributed by atoms with E-state index in [4.69, 9.17) is 39.5 Å². The average Bonchev–Trinajstić information content (AvgIpc) is 3.12. The van der Waals surface area contributed by atoms with Crippen molar-refractivity contribution in [1.29, 1.82) is 0 Å². The second-order valence-electron chi connectivity index (χ2n) is 5.98. The van der Waals surface area contributed by atoms with E-state index in [9.17, 15) is 4.79 Å². The zero-order valence-electron chi connectivity index (χ0n) is 15.9. The number of para-hydroxylation sites is 1. The number of thioether (sulfide) groups is 1. The van der Waals surface area contributed by atoms with Crippen LogP contribution in [0.4, 0.5) is 5.69 Å². The molecule has 1 amide bonds. The normalized spacial score (nSPS) is 10.7. The van der Waals surface area contributed by atoms with Gasteiger partial charge in [0.2, 0.25) is 5.91 Å². The van der Waals surface area contributed by atoms with Crippen molar-refractivity contribution in [3.05, 3.63) is 64.1 Å². The first-order chi connectivity index (χ1) is 14.4. The minimum Gasteiger partial charge on any atom is -0.496 e. The van der Waals surface area contributed by atoms with Crippen molar-refractivity contribution in [2.75, 3.05) is 18.2 Å². The molecule has 3 aromatic rings. The lowest BCUT2D eigenvalue weighted by Gasteiger charge is -2.11. The molecule has 1 N–H and O–H groups in total. The van der Waals surface area contributed by atoms with E-state index in [1.807, 2.05) is 4.57 Å². The maximum atomic E-state index is 12.4. The first-order valence-corrected chi connectivity index (χ1v) is 10.8. The quantitative estimate of drug-likeness (QED) is 0.322. The van der Waals surface area contributed by atoms with Crippen LogP contribution >= 0.6 is 46.6 Å². The first-order valence-electron chi connectivity index (χ1n) is 8.69. The predicted molar refractivity (Wildman–Crippen MR) is 123 cm³/mol. The molecule has 0 bridgehead atoms. The van der Waals surface area contributed by atoms with Gasteiger partial charge in [0, 0.05) is 11.6 Å². The van der Waals surface area contributed by atoms with Crippen LogP contribution in [0.25, 0.3) is 11.4 Å². The Kier molecular flexibility index (Phi) is 7.66. The van der Waals surface area contributed by atoms with Crippen LogP contribution in [0.15, 0.2) is 54.2 Å². The number of halogens is 3. The molecule has 2 aromatic carbocycles. The number of benzene rings is 2. The third kappa shape index (κ3) is 5.10. The van der Waals surface area contributed by atoms with E-state index in [-0.39, 0.29) is 11.7 Å². The predicted octanol–water partition coefficient (Wildman–Crippen LogP) is 5.83. The van der Waals surface area contributed by atoms with Crippen LogP contribution in [-0.2, 0) is 11.3 Å². The summed E-state index contributed by atoms with van der Waals surface area (Å²) in [6.45, 7) is 4.23. The second kappa shape index (κ2) is 10.2. The fourth-order valence-corrected chi connectivity index (χ4v) is 4.08. The van der Waals surface area contributed by atoms with Gasteiger partial charge in [0.1, 0.15) is 5.75 Å². The van der Waals surface area contributed by atoms with Crippen molar-refractivity contribution < 1.29 is 9.53 Å². The molecule has 0 aliphatic heterocycles. The Morgan fingerprint density at radius 3 is 2.63 bits per heavy atom. The highest BCUT2D eigenvalue weighted by Crippen LogP contribution is 2.34. The number of methoxy groups -OCH3 is 1. The van der Waals surface area contributed by atoms with Gasteiger partial charge in [0.15, 0.2) is 11.0 Å². The van der Waals surface area contributed by atoms with Crippen LogP contribution in [0, 0.1) is 0 Å². The molecule has 10 heteroatoms. The van der Waals surface area contributed by atoms with Crippen molar-refractivity contribution in [2.45, 2.75) is 11.7 Å². The third-order valence-corrected chi connectivity index (χ3v) is 5.82. The Hall–Kier alpha value is -2.19. The number of allylic oxidation sites excluding steroid dienone is 1. The number of aromatic nitrogens is 3. The molecule has 1 aromatic heterocycles. The fourth-order valence-electron chi connectivity index (χ4n) is 2.67. The molecule has 0 saturated heterocycles. The summed E-state index contributed by atoms with van der Waals surface area (Å²) >= 11 is 19.6. The topological polar surface area (TPSA) is 69.0 Å². The molecule has 1 heterocycles. The van der Waals surface area contributed by atoms with Crippen molar-refractivity contribution in [1.82, 2.24) is 14.8 Å². The van der Waals surface area contributed by atoms with Crippen LogP contribution in [0.2, 0.25) is 15.1 Å². The number of hydrogen-bond donors (Lipinski definition) is 1. The fraction of sp³-hybridized carbons (Fsp3) is 0.150. The second-order valence-corrected chi connectivity index (χ2v) is 8.18. The summed E-state index contributed by atoms with van der Waals surface area (Å²) in [6.07, 6.45) is 1.72. The van der Waals surface area contributed by atoms with Crippen molar-refractivity contribution in [3.8, 4) is 17.1 Å². The molecule has 6 nitrogen and oxygen atoms in total. The molecule has 0 saturated carbocycles. The number of rotatable bonds is 8. The van der Waals surface area contributed by atoms with Crippen LogP contribution in [-0.4, -0.2) is 33.5 Å². The Bertz CT molecular complexity index is 1070. The summed E-state index contributed by atoms with van der Waals surface area (Å²) in [4.78, 5) is 12.4. The molecule has 0 spiro atoms. The Balaban J connectivity index is 1.81. The number of carbonyl (C=O) groups excluding carboxylic acids is 1. The van der Waals surface area contributed by atoms with Crippen molar-refractivity contribution in [3.63, 3.8) is 0 Å². The highest BCUT2D eigenvalue weighted by molar-refractivity contribution is 7.99. The van der Waals surface area contributed by atoms with Gasteiger partial charge in [0.05, 0.1) is 34.2 Å². The summed E-state index contributed by atoms with van der Waals surface area (Å²) in [7, 11) is 1.57. The summed E-state index contributed by atoms with van der Waals surface area (Å²) in [6, 6.07) is 10.3. The summed E-state index contributed by atoms with van der Waals surface area (Å²) in [5.41, 5.74) is 1.07. The number of hydrogen-bond acceptors (Lipinski definition) is 5. The van der Waals surface area contributed by atoms with E-state index < -0.39 is 0 Å². The van der Waals surface area contributed by atoms with Gasteiger partial charge in [-0.05, 0) is 30.3 Å². The molecular weight excluding hydrogens is 467 g/mol. The van der Waals surface area contributed by atoms with Gasteiger partial charge < -0.3 is 10.1 Å². The summed E-state index contributed by atoms with van der Waals surface area (Å²) in [5, 5.41) is 13.1. The number of nitrogens with zero attached hydrogens (tertiary/aromatic N) is 3. The molecule has 156 valence electrons. The van der Waals surface area contributed by atoms with E-state index in [0.29, 0.717) is 49.6 Å². The Morgan fingerprint density at radius 2 is 1.97 bits per heavy atom. The number of ether oxygens (including phenoxy) is 1. The van der Waals surface area contributed by atoms with Gasteiger partial charge in [-0.3, -0.25) is 9.36 Å². The van der Waals surface area contributed by atoms with Gasteiger partial charge >= 0.3 is 0 Å². The minimum atomic E-state index is -0.273. The average molecular weight is 484 g/mol. The van der Waals surface area contributed by atoms with Crippen LogP contribution in [0.5, 0.6) is 5.75 Å². The highest BCUT2D eigenvalue weighted by Gasteiger charge is 2.19. The smallest absolute Gasteiger partial charge is 0.234 e. The van der Waals surface area contributed by atoms with Crippen molar-refractivity contribution >= 4 is 58.2 Å². The van der Waals surface area contributed by atoms with E-state index in [0.717, 1.165) is 0 Å². The van der Waals surface area contributed by atoms with Gasteiger partial charge in [0.25, 0.3) is 0 Å². The van der Waals surface area contributed by atoms with Crippen LogP contribution in [0.3, 0.4) is 0 Å². The molecular formula is C20H17Cl3N4O2S. The first kappa shape index (κ1) is 22.5. The molecule has 0 fully saturated rings. The lowest BCUT2D eigenvalue weighted by molar-refractivity contribution is -0.113. The largest absolute Gasteiger partial charge is 0.496 e. The zero-order chi connectivity index (χ0) is 21.7. The number of nitrogens with one attached hydrogen (secondary N) is 1. The molecule has 0 aliphatic rings. The Labute approximate surface area is 193 Å². The van der Waals surface area contributed by atoms with E-state index >= 15 is 0 Å². The van der Waals surface area contributed by atoms with Gasteiger partial charge in [-0.1, -0.05) is 58.7 Å². The standard InChI is InChI=1S/C20H17Cl3N4O2S/c1-3-9-27-19(13-10-12(21)7-8-16(13)29-2)25-26-20(27)30-11-17(28)24-18-14(22)5-4-6-15(18)23/h3-8,10H,1,9,11H2,2H3,(H,24,28). The monoisotopic (exact) mass is 482 g/mol. The Morgan fingerprint density at radius 1 is 1.23 bits per heavy atom. The molecule has 3 rings (SSSR count). The van der Waals surface area contributed by atoms with E-state index in [1.54, 1.807) is 49.6 Å². The number of amides is 1. The molecule has 0 atom stereocenters. The van der Waals surface area contributed by atoms with Gasteiger partial charge in [-0.15, -0.1) is 16.8 Å². The van der Waals surface area contributed by atoms with E-state index in [2.05, 4.69) is 22.1 Å². The third-order valence-electron chi connectivity index (χ3n) is 3.99. The maximum absolute atomic E-state index is 12.4. The SMILES string of the molecule is C=CCn1c(SCC(=O)Nc2c(Cl)cccc2Cl)nnc1-c1cc(Cl)ccc1OC. The number of carbonyl (C=O) groups is 1. The zero-order valence-corrected chi connectivity index (χ0v) is 18.9. The summed E-state index contributed by atoms with van der Waals surface area (Å²) in [5.74, 6) is 0.986. The molecule has 30 heavy (non-hydrogen) atoms. The van der Waals surface area contributed by atoms with Gasteiger partial charge in [-0.2, -0.15) is 0 Å². The van der Waals surface area contributed by atoms with Crippen LogP contribution < -0.4 is 10.1 Å². The maximum Gasteiger partial charge on any atom is 0.234 e. The van der Waals surface area contributed by atoms with Gasteiger partial charge in [-0.25, -0.2) is 0 Å². The highest BCUT2D eigenvalue weighted by atomic mass is 35.5. The molecule has 0 radical (unpaired) electrons. The lowest BCUT2D eigenvalue weighted by atomic mass is 10.2. The van der Waals surface area contributed by atoms with E-state index in [1.165, 1.54) is 11.8 Å². The number of anilines is 1. The summed E-state index contributed by atoms with van der Waals surface area (Å²) < 4.78 is 7.26. The minimum absolute atomic E-state index is 0.0868. The van der Waals surface area contributed by atoms with Crippen molar-refractivity contribution in [2.24, 2.45) is 0 Å².